The number of anilines is 2. The second-order valence-corrected chi connectivity index (χ2v) is 9.76. The highest BCUT2D eigenvalue weighted by atomic mass is 32.2. The van der Waals surface area contributed by atoms with E-state index >= 15 is 0 Å². The summed E-state index contributed by atoms with van der Waals surface area (Å²) in [5.74, 6) is 1.06. The minimum atomic E-state index is 0.943. The Morgan fingerprint density at radius 2 is 1.75 bits per heavy atom. The molecule has 0 spiro atoms. The Labute approximate surface area is 200 Å². The number of thiophene rings is 1. The van der Waals surface area contributed by atoms with Gasteiger partial charge in [0.2, 0.25) is 0 Å². The summed E-state index contributed by atoms with van der Waals surface area (Å²) in [6, 6.07) is 24.0. The molecular formula is C29H29NS2. The van der Waals surface area contributed by atoms with E-state index < -0.39 is 0 Å². The Balaban J connectivity index is 1.67. The average Bonchev–Trinajstić information content (AvgIpc) is 3.34. The van der Waals surface area contributed by atoms with Gasteiger partial charge in [-0.05, 0) is 67.8 Å². The van der Waals surface area contributed by atoms with Crippen molar-refractivity contribution in [2.75, 3.05) is 10.7 Å². The molecule has 1 nitrogen and oxygen atoms in total. The Morgan fingerprint density at radius 1 is 0.938 bits per heavy atom. The Hall–Kier alpha value is -2.75. The second kappa shape index (κ2) is 11.2. The van der Waals surface area contributed by atoms with Crippen LogP contribution in [0.2, 0.25) is 0 Å². The molecule has 1 aromatic heterocycles. The maximum absolute atomic E-state index is 2.35. The number of allylic oxidation sites excluding steroid dienone is 6. The standard InChI is InChI=1S/C29H29NS2/c1-3-4-5-7-13-23(2)30(25-15-8-6-9-16-25)26-17-12-14-24(22-26)27-19-20-29(32-27)28-18-10-11-21-31-28/h4-6,8-20,22H,3,7,21H2,1-2H3/b5-4-,23-13+. The van der Waals surface area contributed by atoms with Crippen molar-refractivity contribution >= 4 is 39.4 Å². The highest BCUT2D eigenvalue weighted by Gasteiger charge is 2.14. The molecule has 0 saturated heterocycles. The minimum Gasteiger partial charge on any atom is -0.315 e. The number of rotatable bonds is 8. The Kier molecular flexibility index (Phi) is 7.87. The molecule has 162 valence electrons. The van der Waals surface area contributed by atoms with Crippen molar-refractivity contribution in [2.45, 2.75) is 26.7 Å². The summed E-state index contributed by atoms with van der Waals surface area (Å²) in [7, 11) is 0. The number of thioether (sulfide) groups is 1. The summed E-state index contributed by atoms with van der Waals surface area (Å²) in [6.07, 6.45) is 15.4. The first-order valence-electron chi connectivity index (χ1n) is 11.1. The maximum Gasteiger partial charge on any atom is 0.0464 e. The van der Waals surface area contributed by atoms with E-state index in [1.165, 1.54) is 37.3 Å². The molecule has 32 heavy (non-hydrogen) atoms. The Bertz CT molecular complexity index is 1150. The quantitative estimate of drug-likeness (QED) is 0.311. The molecule has 2 aromatic carbocycles. The molecule has 0 N–H and O–H groups in total. The minimum absolute atomic E-state index is 0.943. The molecule has 1 aliphatic heterocycles. The van der Waals surface area contributed by atoms with Crippen LogP contribution in [0, 0.1) is 0 Å². The summed E-state index contributed by atoms with van der Waals surface area (Å²) in [5.41, 5.74) is 4.86. The van der Waals surface area contributed by atoms with E-state index in [1.54, 1.807) is 0 Å². The average molecular weight is 456 g/mol. The molecule has 0 amide bonds. The molecule has 2 heterocycles. The van der Waals surface area contributed by atoms with Gasteiger partial charge in [-0.25, -0.2) is 0 Å². The van der Waals surface area contributed by atoms with Gasteiger partial charge < -0.3 is 4.90 Å². The number of benzene rings is 2. The first kappa shape index (κ1) is 22.4. The molecule has 0 unspecified atom stereocenters. The number of hydrogen-bond acceptors (Lipinski definition) is 3. The van der Waals surface area contributed by atoms with Crippen LogP contribution in [0.3, 0.4) is 0 Å². The molecule has 3 heteroatoms. The number of hydrogen-bond donors (Lipinski definition) is 0. The van der Waals surface area contributed by atoms with Crippen LogP contribution in [0.15, 0.2) is 109 Å². The van der Waals surface area contributed by atoms with Crippen LogP contribution >= 0.6 is 23.1 Å². The highest BCUT2D eigenvalue weighted by Crippen LogP contribution is 2.39. The van der Waals surface area contributed by atoms with Gasteiger partial charge in [-0.3, -0.25) is 0 Å². The van der Waals surface area contributed by atoms with Crippen LogP contribution in [0.5, 0.6) is 0 Å². The normalized spacial score (nSPS) is 14.1. The topological polar surface area (TPSA) is 3.24 Å². The zero-order chi connectivity index (χ0) is 22.2. The van der Waals surface area contributed by atoms with Crippen molar-refractivity contribution in [3.8, 4) is 10.4 Å². The lowest BCUT2D eigenvalue weighted by Crippen LogP contribution is -2.14. The van der Waals surface area contributed by atoms with Crippen molar-refractivity contribution in [3.63, 3.8) is 0 Å². The first-order chi connectivity index (χ1) is 15.8. The second-order valence-electron chi connectivity index (χ2n) is 7.62. The summed E-state index contributed by atoms with van der Waals surface area (Å²) < 4.78 is 0. The van der Waals surface area contributed by atoms with Crippen molar-refractivity contribution in [1.29, 1.82) is 0 Å². The lowest BCUT2D eigenvalue weighted by atomic mass is 10.1. The van der Waals surface area contributed by atoms with Gasteiger partial charge in [-0.1, -0.05) is 67.6 Å². The third kappa shape index (κ3) is 5.53. The van der Waals surface area contributed by atoms with Gasteiger partial charge in [0.1, 0.15) is 0 Å². The zero-order valence-electron chi connectivity index (χ0n) is 18.7. The van der Waals surface area contributed by atoms with E-state index in [0.717, 1.165) is 18.6 Å². The van der Waals surface area contributed by atoms with Gasteiger partial charge in [-0.2, -0.15) is 0 Å². The maximum atomic E-state index is 2.35. The molecule has 0 aliphatic carbocycles. The predicted octanol–water partition coefficient (Wildman–Crippen LogP) is 9.46. The Morgan fingerprint density at radius 3 is 2.53 bits per heavy atom. The van der Waals surface area contributed by atoms with E-state index in [2.05, 4.69) is 122 Å². The smallest absolute Gasteiger partial charge is 0.0464 e. The van der Waals surface area contributed by atoms with Crippen LogP contribution in [0.25, 0.3) is 15.3 Å². The fourth-order valence-electron chi connectivity index (χ4n) is 3.70. The largest absolute Gasteiger partial charge is 0.315 e. The fourth-order valence-corrected chi connectivity index (χ4v) is 5.70. The molecule has 1 aliphatic rings. The summed E-state index contributed by atoms with van der Waals surface area (Å²) in [4.78, 5) is 6.36. The first-order valence-corrected chi connectivity index (χ1v) is 12.9. The fraction of sp³-hybridized carbons (Fsp3) is 0.172. The van der Waals surface area contributed by atoms with Crippen molar-refractivity contribution in [2.24, 2.45) is 0 Å². The van der Waals surface area contributed by atoms with Gasteiger partial charge in [-0.15, -0.1) is 23.1 Å². The predicted molar refractivity (Wildman–Crippen MR) is 146 cm³/mol. The van der Waals surface area contributed by atoms with Gasteiger partial charge in [0.05, 0.1) is 0 Å². The third-order valence-electron chi connectivity index (χ3n) is 5.28. The molecule has 0 saturated carbocycles. The van der Waals surface area contributed by atoms with Gasteiger partial charge in [0, 0.05) is 37.5 Å². The molecule has 0 atom stereocenters. The van der Waals surface area contributed by atoms with Crippen molar-refractivity contribution in [1.82, 2.24) is 0 Å². The van der Waals surface area contributed by atoms with Crippen molar-refractivity contribution in [3.05, 3.63) is 114 Å². The van der Waals surface area contributed by atoms with Gasteiger partial charge in [0.15, 0.2) is 0 Å². The lowest BCUT2D eigenvalue weighted by Gasteiger charge is -2.26. The molecule has 0 fully saturated rings. The number of nitrogens with zero attached hydrogens (tertiary/aromatic N) is 1. The van der Waals surface area contributed by atoms with Gasteiger partial charge in [0.25, 0.3) is 0 Å². The zero-order valence-corrected chi connectivity index (χ0v) is 20.3. The van der Waals surface area contributed by atoms with E-state index in [4.69, 9.17) is 0 Å². The highest BCUT2D eigenvalue weighted by molar-refractivity contribution is 8.08. The molecule has 0 bridgehead atoms. The molecule has 3 aromatic rings. The van der Waals surface area contributed by atoms with Gasteiger partial charge >= 0.3 is 0 Å². The van der Waals surface area contributed by atoms with Crippen LogP contribution < -0.4 is 4.90 Å². The molecular weight excluding hydrogens is 426 g/mol. The SMILES string of the molecule is CC/C=C\C/C=C(\C)N(c1ccccc1)c1cccc(-c2ccc(C3=CC=CCS3)s2)c1. The number of para-hydroxylation sites is 1. The molecule has 4 rings (SSSR count). The van der Waals surface area contributed by atoms with Crippen molar-refractivity contribution < 1.29 is 0 Å². The monoisotopic (exact) mass is 455 g/mol. The summed E-state index contributed by atoms with van der Waals surface area (Å²) >= 11 is 3.78. The summed E-state index contributed by atoms with van der Waals surface area (Å²) in [5, 5.41) is 0. The third-order valence-corrected chi connectivity index (χ3v) is 7.60. The van der Waals surface area contributed by atoms with Crippen LogP contribution in [-0.4, -0.2) is 5.75 Å². The van der Waals surface area contributed by atoms with E-state index in [9.17, 15) is 0 Å². The van der Waals surface area contributed by atoms with Crippen LogP contribution in [0.4, 0.5) is 11.4 Å². The van der Waals surface area contributed by atoms with Crippen LogP contribution in [0.1, 0.15) is 31.6 Å². The molecule has 0 radical (unpaired) electrons. The van der Waals surface area contributed by atoms with E-state index in [1.807, 2.05) is 23.1 Å². The lowest BCUT2D eigenvalue weighted by molar-refractivity contribution is 1.12. The van der Waals surface area contributed by atoms with E-state index in [0.29, 0.717) is 0 Å². The summed E-state index contributed by atoms with van der Waals surface area (Å²) in [6.45, 7) is 4.37. The van der Waals surface area contributed by atoms with Crippen LogP contribution in [-0.2, 0) is 0 Å². The van der Waals surface area contributed by atoms with E-state index in [-0.39, 0.29) is 0 Å².